The Labute approximate surface area is 185 Å². The zero-order valence-electron chi connectivity index (χ0n) is 18.2. The Morgan fingerprint density at radius 3 is 2.34 bits per heavy atom. The summed E-state index contributed by atoms with van der Waals surface area (Å²) in [5.74, 6) is 0. The molecule has 1 fully saturated rings. The average molecular weight is 424 g/mol. The van der Waals surface area contributed by atoms with Gasteiger partial charge in [0.2, 0.25) is 0 Å². The second kappa shape index (κ2) is 7.55. The molecule has 5 aromatic rings. The van der Waals surface area contributed by atoms with Gasteiger partial charge in [0.1, 0.15) is 17.2 Å². The van der Waals surface area contributed by atoms with E-state index in [9.17, 15) is 4.79 Å². The summed E-state index contributed by atoms with van der Waals surface area (Å²) in [6.45, 7) is 2.14. The summed E-state index contributed by atoms with van der Waals surface area (Å²) in [7, 11) is 0. The lowest BCUT2D eigenvalue weighted by Crippen LogP contribution is -2.26. The largest absolute Gasteiger partial charge is 0.295 e. The Hall–Kier alpha value is -3.54. The third-order valence-electron chi connectivity index (χ3n) is 6.76. The van der Waals surface area contributed by atoms with E-state index in [0.717, 1.165) is 48.8 Å². The number of hydrogen-bond donors (Lipinski definition) is 0. The Morgan fingerprint density at radius 1 is 0.906 bits per heavy atom. The van der Waals surface area contributed by atoms with Gasteiger partial charge in [-0.15, -0.1) is 0 Å². The van der Waals surface area contributed by atoms with Crippen molar-refractivity contribution < 1.29 is 0 Å². The Morgan fingerprint density at radius 2 is 1.62 bits per heavy atom. The fourth-order valence-electron chi connectivity index (χ4n) is 4.99. The molecule has 0 spiro atoms. The van der Waals surface area contributed by atoms with Gasteiger partial charge in [-0.1, -0.05) is 50.5 Å². The van der Waals surface area contributed by atoms with Crippen molar-refractivity contribution in [3.63, 3.8) is 0 Å². The van der Waals surface area contributed by atoms with Crippen LogP contribution in [-0.2, 0) is 6.42 Å². The summed E-state index contributed by atoms with van der Waals surface area (Å²) < 4.78 is 3.82. The first-order valence-corrected chi connectivity index (χ1v) is 11.5. The summed E-state index contributed by atoms with van der Waals surface area (Å²) >= 11 is 0. The predicted octanol–water partition coefficient (Wildman–Crippen LogP) is 5.35. The molecular formula is C26H25N5O. The molecule has 0 saturated heterocycles. The second-order valence-corrected chi connectivity index (χ2v) is 8.69. The van der Waals surface area contributed by atoms with E-state index in [0.29, 0.717) is 22.2 Å². The maximum absolute atomic E-state index is 13.8. The molecule has 32 heavy (non-hydrogen) atoms. The fourth-order valence-corrected chi connectivity index (χ4v) is 4.99. The van der Waals surface area contributed by atoms with Gasteiger partial charge in [-0.25, -0.2) is 15.0 Å². The summed E-state index contributed by atoms with van der Waals surface area (Å²) in [4.78, 5) is 28.4. The maximum Gasteiger partial charge on any atom is 0.265 e. The molecule has 1 aliphatic rings. The van der Waals surface area contributed by atoms with Crippen LogP contribution in [0.2, 0.25) is 0 Å². The van der Waals surface area contributed by atoms with Crippen LogP contribution in [0.5, 0.6) is 0 Å². The molecule has 6 nitrogen and oxygen atoms in total. The van der Waals surface area contributed by atoms with Crippen LogP contribution in [0.4, 0.5) is 0 Å². The van der Waals surface area contributed by atoms with Gasteiger partial charge in [0.25, 0.3) is 5.56 Å². The van der Waals surface area contributed by atoms with E-state index in [4.69, 9.17) is 15.0 Å². The number of benzene rings is 2. The van der Waals surface area contributed by atoms with Crippen molar-refractivity contribution in [3.05, 3.63) is 70.8 Å². The van der Waals surface area contributed by atoms with Gasteiger partial charge in [0.05, 0.1) is 11.0 Å². The van der Waals surface area contributed by atoms with Gasteiger partial charge in [-0.3, -0.25) is 13.9 Å². The lowest BCUT2D eigenvalue weighted by molar-refractivity contribution is 0.345. The van der Waals surface area contributed by atoms with E-state index in [1.54, 1.807) is 6.33 Å². The highest BCUT2D eigenvalue weighted by Crippen LogP contribution is 2.31. The Kier molecular flexibility index (Phi) is 4.52. The summed E-state index contributed by atoms with van der Waals surface area (Å²) in [6, 6.07) is 16.4. The SMILES string of the molecule is CCc1ccc(-n2c3nc4ccccc4nc3c3c(=O)n(C4CCCCC4)cnc32)cc1. The summed E-state index contributed by atoms with van der Waals surface area (Å²) in [6.07, 6.45) is 8.32. The predicted molar refractivity (Wildman–Crippen MR) is 127 cm³/mol. The summed E-state index contributed by atoms with van der Waals surface area (Å²) in [5.41, 5.74) is 5.70. The lowest BCUT2D eigenvalue weighted by Gasteiger charge is -2.23. The molecule has 6 rings (SSSR count). The van der Waals surface area contributed by atoms with Gasteiger partial charge < -0.3 is 0 Å². The normalized spacial score (nSPS) is 15.2. The molecule has 2 aromatic carbocycles. The molecule has 0 bridgehead atoms. The number of nitrogens with zero attached hydrogens (tertiary/aromatic N) is 5. The first-order chi connectivity index (χ1) is 15.7. The van der Waals surface area contributed by atoms with Crippen molar-refractivity contribution in [3.8, 4) is 5.69 Å². The minimum Gasteiger partial charge on any atom is -0.295 e. The zero-order chi connectivity index (χ0) is 21.7. The highest BCUT2D eigenvalue weighted by molar-refractivity contribution is 6.05. The average Bonchev–Trinajstić information content (AvgIpc) is 3.17. The highest BCUT2D eigenvalue weighted by Gasteiger charge is 2.23. The quantitative estimate of drug-likeness (QED) is 0.392. The van der Waals surface area contributed by atoms with Crippen LogP contribution in [0.1, 0.15) is 50.6 Å². The molecule has 0 aliphatic heterocycles. The number of aryl methyl sites for hydroxylation is 1. The number of rotatable bonds is 3. The molecule has 0 radical (unpaired) electrons. The van der Waals surface area contributed by atoms with Crippen molar-refractivity contribution in [2.45, 2.75) is 51.5 Å². The monoisotopic (exact) mass is 423 g/mol. The van der Waals surface area contributed by atoms with E-state index < -0.39 is 0 Å². The van der Waals surface area contributed by atoms with Crippen LogP contribution in [0, 0.1) is 0 Å². The first kappa shape index (κ1) is 19.2. The topological polar surface area (TPSA) is 65.6 Å². The van der Waals surface area contributed by atoms with Crippen LogP contribution in [0.15, 0.2) is 59.7 Å². The van der Waals surface area contributed by atoms with Crippen LogP contribution < -0.4 is 5.56 Å². The van der Waals surface area contributed by atoms with E-state index in [1.165, 1.54) is 12.0 Å². The maximum atomic E-state index is 13.8. The highest BCUT2D eigenvalue weighted by atomic mass is 16.1. The third kappa shape index (κ3) is 2.93. The molecular weight excluding hydrogens is 398 g/mol. The molecule has 0 N–H and O–H groups in total. The first-order valence-electron chi connectivity index (χ1n) is 11.5. The molecule has 0 amide bonds. The molecule has 3 aromatic heterocycles. The number of aromatic nitrogens is 5. The number of hydrogen-bond acceptors (Lipinski definition) is 4. The van der Waals surface area contributed by atoms with Crippen molar-refractivity contribution >= 4 is 33.2 Å². The van der Waals surface area contributed by atoms with Gasteiger partial charge in [0.15, 0.2) is 11.3 Å². The number of para-hydroxylation sites is 2. The van der Waals surface area contributed by atoms with E-state index in [2.05, 4.69) is 31.2 Å². The molecule has 0 unspecified atom stereocenters. The van der Waals surface area contributed by atoms with Gasteiger partial charge in [-0.05, 0) is 49.1 Å². The molecule has 160 valence electrons. The van der Waals surface area contributed by atoms with E-state index in [1.807, 2.05) is 33.4 Å². The smallest absolute Gasteiger partial charge is 0.265 e. The second-order valence-electron chi connectivity index (χ2n) is 8.69. The molecule has 0 atom stereocenters. The van der Waals surface area contributed by atoms with Crippen molar-refractivity contribution in [1.82, 2.24) is 24.1 Å². The molecule has 1 aliphatic carbocycles. The van der Waals surface area contributed by atoms with Crippen molar-refractivity contribution in [2.24, 2.45) is 0 Å². The van der Waals surface area contributed by atoms with E-state index >= 15 is 0 Å². The number of fused-ring (bicyclic) bond motifs is 4. The molecule has 3 heterocycles. The Balaban J connectivity index is 1.70. The van der Waals surface area contributed by atoms with Crippen LogP contribution in [0.25, 0.3) is 38.9 Å². The van der Waals surface area contributed by atoms with Gasteiger partial charge in [0, 0.05) is 11.7 Å². The zero-order valence-corrected chi connectivity index (χ0v) is 18.2. The van der Waals surface area contributed by atoms with Crippen molar-refractivity contribution in [1.29, 1.82) is 0 Å². The third-order valence-corrected chi connectivity index (χ3v) is 6.76. The molecule has 1 saturated carbocycles. The van der Waals surface area contributed by atoms with Crippen LogP contribution in [0.3, 0.4) is 0 Å². The standard InChI is InChI=1S/C26H25N5O/c1-2-17-12-14-19(15-13-17)31-24-22(23-25(31)29-21-11-7-6-10-20(21)28-23)26(32)30(16-27-24)18-8-4-3-5-9-18/h6-7,10-16,18H,2-5,8-9H2,1H3. The van der Waals surface area contributed by atoms with Gasteiger partial charge in [-0.2, -0.15) is 0 Å². The summed E-state index contributed by atoms with van der Waals surface area (Å²) in [5, 5.41) is 0.561. The minimum atomic E-state index is -0.0135. The van der Waals surface area contributed by atoms with E-state index in [-0.39, 0.29) is 11.6 Å². The lowest BCUT2D eigenvalue weighted by atomic mass is 9.95. The Bertz CT molecular complexity index is 1510. The minimum absolute atomic E-state index is 0.0135. The van der Waals surface area contributed by atoms with Crippen molar-refractivity contribution in [2.75, 3.05) is 0 Å². The van der Waals surface area contributed by atoms with Crippen LogP contribution >= 0.6 is 0 Å². The van der Waals surface area contributed by atoms with Gasteiger partial charge >= 0.3 is 0 Å². The van der Waals surface area contributed by atoms with Crippen LogP contribution in [-0.4, -0.2) is 24.1 Å². The molecule has 6 heteroatoms. The fraction of sp³-hybridized carbons (Fsp3) is 0.308.